The summed E-state index contributed by atoms with van der Waals surface area (Å²) in [4.78, 5) is 14.3. The summed E-state index contributed by atoms with van der Waals surface area (Å²) in [5, 5.41) is 2.81. The number of piperazine rings is 1. The van der Waals surface area contributed by atoms with Crippen LogP contribution < -0.4 is 10.1 Å². The first kappa shape index (κ1) is 20.7. The average molecular weight is 384 g/mol. The third-order valence-corrected chi connectivity index (χ3v) is 6.20. The monoisotopic (exact) mass is 383 g/mol. The Labute approximate surface area is 156 Å². The number of hydrogen-bond acceptors (Lipinski definition) is 5. The second-order valence-electron chi connectivity index (χ2n) is 7.08. The summed E-state index contributed by atoms with van der Waals surface area (Å²) in [6.45, 7) is 8.73. The van der Waals surface area contributed by atoms with Gasteiger partial charge in [0.15, 0.2) is 6.10 Å². The molecule has 1 saturated heterocycles. The number of nitrogens with one attached hydrogen (secondary N) is 1. The van der Waals surface area contributed by atoms with Crippen molar-refractivity contribution >= 4 is 15.9 Å². The Morgan fingerprint density at radius 2 is 1.69 bits per heavy atom. The summed E-state index contributed by atoms with van der Waals surface area (Å²) in [6, 6.07) is 6.24. The molecule has 0 aliphatic carbocycles. The molecule has 0 saturated carbocycles. The van der Waals surface area contributed by atoms with Crippen LogP contribution in [0.25, 0.3) is 0 Å². The highest BCUT2D eigenvalue weighted by Gasteiger charge is 2.27. The number of carbonyl (C=O) groups is 1. The molecule has 1 fully saturated rings. The van der Waals surface area contributed by atoms with Crippen molar-refractivity contribution in [2.24, 2.45) is 5.92 Å². The fraction of sp³-hybridized carbons (Fsp3) is 0.611. The number of carbonyl (C=O) groups excluding carboxylic acids is 1. The first-order valence-corrected chi connectivity index (χ1v) is 10.4. The van der Waals surface area contributed by atoms with E-state index in [2.05, 4.69) is 10.2 Å². The Balaban J connectivity index is 1.98. The zero-order chi connectivity index (χ0) is 19.3. The number of likely N-dealkylation sites (N-methyl/N-ethyl adjacent to an activating group) is 1. The molecule has 1 aromatic carbocycles. The summed E-state index contributed by atoms with van der Waals surface area (Å²) in [7, 11) is -1.51. The van der Waals surface area contributed by atoms with Gasteiger partial charge in [0.2, 0.25) is 10.0 Å². The van der Waals surface area contributed by atoms with Gasteiger partial charge in [0, 0.05) is 32.7 Å². The van der Waals surface area contributed by atoms with E-state index in [0.717, 1.165) is 13.1 Å². The van der Waals surface area contributed by atoms with Gasteiger partial charge < -0.3 is 15.0 Å². The third-order valence-electron chi connectivity index (χ3n) is 4.29. The lowest BCUT2D eigenvalue weighted by Gasteiger charge is -2.31. The largest absolute Gasteiger partial charge is 0.481 e. The summed E-state index contributed by atoms with van der Waals surface area (Å²) in [5.74, 6) is 0.646. The first-order valence-electron chi connectivity index (χ1n) is 8.93. The predicted octanol–water partition coefficient (Wildman–Crippen LogP) is 1.16. The molecule has 26 heavy (non-hydrogen) atoms. The molecule has 0 spiro atoms. The molecular formula is C18H29N3O4S. The van der Waals surface area contributed by atoms with Crippen molar-refractivity contribution in [3.8, 4) is 5.75 Å². The molecule has 1 aliphatic heterocycles. The second kappa shape index (κ2) is 8.83. The highest BCUT2D eigenvalue weighted by Crippen LogP contribution is 2.21. The SMILES string of the molecule is CC(C)CNC(=O)[C@H](C)Oc1ccc(S(=O)(=O)N2CCN(C)CC2)cc1. The highest BCUT2D eigenvalue weighted by atomic mass is 32.2. The van der Waals surface area contributed by atoms with Crippen LogP contribution in [0.3, 0.4) is 0 Å². The number of amides is 1. The van der Waals surface area contributed by atoms with E-state index in [-0.39, 0.29) is 10.8 Å². The smallest absolute Gasteiger partial charge is 0.260 e. The lowest BCUT2D eigenvalue weighted by molar-refractivity contribution is -0.127. The van der Waals surface area contributed by atoms with E-state index >= 15 is 0 Å². The molecule has 7 nitrogen and oxygen atoms in total. The van der Waals surface area contributed by atoms with Crippen LogP contribution in [0, 0.1) is 5.92 Å². The fourth-order valence-corrected chi connectivity index (χ4v) is 4.00. The predicted molar refractivity (Wildman–Crippen MR) is 101 cm³/mol. The molecule has 0 aromatic heterocycles. The van der Waals surface area contributed by atoms with Crippen molar-refractivity contribution < 1.29 is 17.9 Å². The minimum Gasteiger partial charge on any atom is -0.481 e. The van der Waals surface area contributed by atoms with Gasteiger partial charge >= 0.3 is 0 Å². The number of benzene rings is 1. The van der Waals surface area contributed by atoms with Crippen LogP contribution in [0.2, 0.25) is 0 Å². The zero-order valence-electron chi connectivity index (χ0n) is 15.9. The lowest BCUT2D eigenvalue weighted by Crippen LogP contribution is -2.46. The Bertz CT molecular complexity index is 696. The van der Waals surface area contributed by atoms with Crippen molar-refractivity contribution in [2.45, 2.75) is 31.8 Å². The average Bonchev–Trinajstić information content (AvgIpc) is 2.60. The van der Waals surface area contributed by atoms with Crippen molar-refractivity contribution in [3.63, 3.8) is 0 Å². The fourth-order valence-electron chi connectivity index (χ4n) is 2.57. The Morgan fingerprint density at radius 1 is 1.12 bits per heavy atom. The molecule has 0 radical (unpaired) electrons. The topological polar surface area (TPSA) is 78.9 Å². The van der Waals surface area contributed by atoms with E-state index in [1.54, 1.807) is 19.1 Å². The summed E-state index contributed by atoms with van der Waals surface area (Å²) < 4.78 is 32.5. The maximum Gasteiger partial charge on any atom is 0.260 e. The molecule has 2 rings (SSSR count). The molecule has 0 unspecified atom stereocenters. The maximum absolute atomic E-state index is 12.7. The summed E-state index contributed by atoms with van der Waals surface area (Å²) in [5.41, 5.74) is 0. The van der Waals surface area contributed by atoms with Crippen LogP contribution in [0.15, 0.2) is 29.2 Å². The van der Waals surface area contributed by atoms with Gasteiger partial charge in [-0.3, -0.25) is 4.79 Å². The molecule has 8 heteroatoms. The van der Waals surface area contributed by atoms with Gasteiger partial charge in [0.05, 0.1) is 4.90 Å². The number of sulfonamides is 1. The number of hydrogen-bond donors (Lipinski definition) is 1. The molecule has 1 aromatic rings. The van der Waals surface area contributed by atoms with E-state index in [1.165, 1.54) is 16.4 Å². The van der Waals surface area contributed by atoms with Crippen LogP contribution in [-0.2, 0) is 14.8 Å². The molecule has 1 aliphatic rings. The molecule has 146 valence electrons. The summed E-state index contributed by atoms with van der Waals surface area (Å²) in [6.07, 6.45) is -0.645. The zero-order valence-corrected chi connectivity index (χ0v) is 16.8. The Hall–Kier alpha value is -1.64. The Kier molecular flexibility index (Phi) is 7.02. The third kappa shape index (κ3) is 5.43. The van der Waals surface area contributed by atoms with Gasteiger partial charge in [0.1, 0.15) is 5.75 Å². The first-order chi connectivity index (χ1) is 12.2. The van der Waals surface area contributed by atoms with Gasteiger partial charge in [-0.15, -0.1) is 0 Å². The van der Waals surface area contributed by atoms with E-state index in [1.807, 2.05) is 20.9 Å². The van der Waals surface area contributed by atoms with Crippen molar-refractivity contribution in [3.05, 3.63) is 24.3 Å². The van der Waals surface area contributed by atoms with Crippen molar-refractivity contribution in [1.82, 2.24) is 14.5 Å². The highest BCUT2D eigenvalue weighted by molar-refractivity contribution is 7.89. The van der Waals surface area contributed by atoms with E-state index in [4.69, 9.17) is 4.74 Å². The summed E-state index contributed by atoms with van der Waals surface area (Å²) >= 11 is 0. The van der Waals surface area contributed by atoms with Crippen LogP contribution in [0.4, 0.5) is 0 Å². The van der Waals surface area contributed by atoms with Gasteiger partial charge in [0.25, 0.3) is 5.91 Å². The molecule has 1 atom stereocenters. The molecular weight excluding hydrogens is 354 g/mol. The van der Waals surface area contributed by atoms with Crippen molar-refractivity contribution in [2.75, 3.05) is 39.8 Å². The Morgan fingerprint density at radius 3 is 2.23 bits per heavy atom. The van der Waals surface area contributed by atoms with Crippen LogP contribution in [0.5, 0.6) is 5.75 Å². The second-order valence-corrected chi connectivity index (χ2v) is 9.02. The lowest BCUT2D eigenvalue weighted by atomic mass is 10.2. The van der Waals surface area contributed by atoms with Gasteiger partial charge in [-0.05, 0) is 44.2 Å². The van der Waals surface area contributed by atoms with Crippen molar-refractivity contribution in [1.29, 1.82) is 0 Å². The number of ether oxygens (including phenoxy) is 1. The van der Waals surface area contributed by atoms with Gasteiger partial charge in [-0.1, -0.05) is 13.8 Å². The van der Waals surface area contributed by atoms with Gasteiger partial charge in [-0.2, -0.15) is 4.31 Å². The number of rotatable bonds is 7. The minimum atomic E-state index is -3.49. The van der Waals surface area contributed by atoms with E-state index < -0.39 is 16.1 Å². The molecule has 1 heterocycles. The van der Waals surface area contributed by atoms with E-state index in [0.29, 0.717) is 31.3 Å². The molecule has 1 amide bonds. The number of nitrogens with zero attached hydrogens (tertiary/aromatic N) is 2. The molecule has 0 bridgehead atoms. The van der Waals surface area contributed by atoms with Gasteiger partial charge in [-0.25, -0.2) is 8.42 Å². The minimum absolute atomic E-state index is 0.187. The van der Waals surface area contributed by atoms with Crippen LogP contribution in [0.1, 0.15) is 20.8 Å². The van der Waals surface area contributed by atoms with Crippen LogP contribution in [-0.4, -0.2) is 69.4 Å². The normalized spacial score (nSPS) is 17.9. The van der Waals surface area contributed by atoms with Crippen LogP contribution >= 0.6 is 0 Å². The van der Waals surface area contributed by atoms with E-state index in [9.17, 15) is 13.2 Å². The quantitative estimate of drug-likeness (QED) is 0.764. The molecule has 1 N–H and O–H groups in total. The standard InChI is InChI=1S/C18H29N3O4S/c1-14(2)13-19-18(22)15(3)25-16-5-7-17(8-6-16)26(23,24)21-11-9-20(4)10-12-21/h5-8,14-15H,9-13H2,1-4H3,(H,19,22)/t15-/m0/s1. The maximum atomic E-state index is 12.7.